The molecule has 3 rings (SSSR count). The molecule has 2 heterocycles. The molecule has 0 saturated heterocycles. The SMILES string of the molecule is Clc1cc(-c2ccncc2)nc(C2CC2)n1. The lowest BCUT2D eigenvalue weighted by Crippen LogP contribution is -1.95. The van der Waals surface area contributed by atoms with Crippen LogP contribution in [0.2, 0.25) is 5.15 Å². The second kappa shape index (κ2) is 3.83. The Morgan fingerprint density at radius 1 is 1.12 bits per heavy atom. The van der Waals surface area contributed by atoms with E-state index in [0.29, 0.717) is 11.1 Å². The minimum atomic E-state index is 0.513. The number of nitrogens with zero attached hydrogens (tertiary/aromatic N) is 3. The molecule has 0 aromatic carbocycles. The molecule has 1 fully saturated rings. The summed E-state index contributed by atoms with van der Waals surface area (Å²) in [6.07, 6.45) is 5.86. The van der Waals surface area contributed by atoms with Gasteiger partial charge in [0.1, 0.15) is 11.0 Å². The predicted molar refractivity (Wildman–Crippen MR) is 62.2 cm³/mol. The summed E-state index contributed by atoms with van der Waals surface area (Å²) in [6, 6.07) is 5.65. The maximum atomic E-state index is 6.01. The molecule has 1 saturated carbocycles. The fourth-order valence-corrected chi connectivity index (χ4v) is 1.82. The molecule has 0 aliphatic heterocycles. The molecule has 80 valence electrons. The third-order valence-corrected chi connectivity index (χ3v) is 2.82. The Morgan fingerprint density at radius 2 is 1.88 bits per heavy atom. The quantitative estimate of drug-likeness (QED) is 0.746. The zero-order valence-corrected chi connectivity index (χ0v) is 9.35. The molecule has 1 aliphatic carbocycles. The second-order valence-corrected chi connectivity index (χ2v) is 4.33. The van der Waals surface area contributed by atoms with Gasteiger partial charge in [0.25, 0.3) is 0 Å². The summed E-state index contributed by atoms with van der Waals surface area (Å²) >= 11 is 6.01. The molecule has 0 atom stereocenters. The van der Waals surface area contributed by atoms with Crippen molar-refractivity contribution in [3.8, 4) is 11.3 Å². The second-order valence-electron chi connectivity index (χ2n) is 3.94. The van der Waals surface area contributed by atoms with Crippen LogP contribution in [0.5, 0.6) is 0 Å². The van der Waals surface area contributed by atoms with Gasteiger partial charge in [0.15, 0.2) is 0 Å². The number of aromatic nitrogens is 3. The van der Waals surface area contributed by atoms with Gasteiger partial charge >= 0.3 is 0 Å². The molecule has 0 N–H and O–H groups in total. The Hall–Kier alpha value is -1.48. The van der Waals surface area contributed by atoms with Crippen LogP contribution >= 0.6 is 11.6 Å². The summed E-state index contributed by atoms with van der Waals surface area (Å²) in [5.41, 5.74) is 1.91. The van der Waals surface area contributed by atoms with E-state index in [1.807, 2.05) is 12.1 Å². The topological polar surface area (TPSA) is 38.7 Å². The zero-order valence-electron chi connectivity index (χ0n) is 8.60. The maximum absolute atomic E-state index is 6.01. The molecule has 3 nitrogen and oxygen atoms in total. The van der Waals surface area contributed by atoms with E-state index in [1.54, 1.807) is 18.5 Å². The Labute approximate surface area is 98.5 Å². The van der Waals surface area contributed by atoms with E-state index in [1.165, 1.54) is 12.8 Å². The van der Waals surface area contributed by atoms with Crippen LogP contribution in [0.25, 0.3) is 11.3 Å². The van der Waals surface area contributed by atoms with Crippen LogP contribution in [0.4, 0.5) is 0 Å². The number of hydrogen-bond acceptors (Lipinski definition) is 3. The third kappa shape index (κ3) is 1.91. The largest absolute Gasteiger partial charge is 0.265 e. The highest BCUT2D eigenvalue weighted by molar-refractivity contribution is 6.29. The predicted octanol–water partition coefficient (Wildman–Crippen LogP) is 3.07. The zero-order chi connectivity index (χ0) is 11.0. The Morgan fingerprint density at radius 3 is 2.56 bits per heavy atom. The fourth-order valence-electron chi connectivity index (χ4n) is 1.63. The molecule has 2 aromatic heterocycles. The monoisotopic (exact) mass is 231 g/mol. The molecule has 0 spiro atoms. The van der Waals surface area contributed by atoms with Crippen LogP contribution in [0.15, 0.2) is 30.6 Å². The lowest BCUT2D eigenvalue weighted by atomic mass is 10.2. The third-order valence-electron chi connectivity index (χ3n) is 2.63. The van der Waals surface area contributed by atoms with Crippen LogP contribution < -0.4 is 0 Å². The first kappa shape index (κ1) is 9.73. The van der Waals surface area contributed by atoms with Crippen molar-refractivity contribution >= 4 is 11.6 Å². The molecule has 0 radical (unpaired) electrons. The smallest absolute Gasteiger partial charge is 0.133 e. The average Bonchev–Trinajstić information content (AvgIpc) is 3.13. The van der Waals surface area contributed by atoms with Crippen molar-refractivity contribution in [2.45, 2.75) is 18.8 Å². The van der Waals surface area contributed by atoms with E-state index >= 15 is 0 Å². The van der Waals surface area contributed by atoms with E-state index in [0.717, 1.165) is 17.1 Å². The van der Waals surface area contributed by atoms with Crippen molar-refractivity contribution in [3.63, 3.8) is 0 Å². The molecule has 0 unspecified atom stereocenters. The Kier molecular flexibility index (Phi) is 2.33. The van der Waals surface area contributed by atoms with Crippen LogP contribution in [-0.4, -0.2) is 15.0 Å². The van der Waals surface area contributed by atoms with Crippen LogP contribution in [0, 0.1) is 0 Å². The standard InChI is InChI=1S/C12H10ClN3/c13-11-7-10(8-3-5-14-6-4-8)15-12(16-11)9-1-2-9/h3-7,9H,1-2H2. The van der Waals surface area contributed by atoms with Crippen LogP contribution in [-0.2, 0) is 0 Å². The Bertz CT molecular complexity index is 509. The summed E-state index contributed by atoms with van der Waals surface area (Å²) in [5, 5.41) is 0.517. The normalized spacial score (nSPS) is 15.1. The van der Waals surface area contributed by atoms with Gasteiger partial charge in [-0.05, 0) is 25.0 Å². The van der Waals surface area contributed by atoms with Crippen LogP contribution in [0.1, 0.15) is 24.6 Å². The van der Waals surface area contributed by atoms with Gasteiger partial charge < -0.3 is 0 Å². The summed E-state index contributed by atoms with van der Waals surface area (Å²) < 4.78 is 0. The lowest BCUT2D eigenvalue weighted by molar-refractivity contribution is 0.930. The first-order valence-electron chi connectivity index (χ1n) is 5.28. The minimum absolute atomic E-state index is 0.513. The summed E-state index contributed by atoms with van der Waals surface area (Å²) in [6.45, 7) is 0. The van der Waals surface area contributed by atoms with E-state index in [9.17, 15) is 0 Å². The van der Waals surface area contributed by atoms with Crippen molar-refractivity contribution in [3.05, 3.63) is 41.6 Å². The van der Waals surface area contributed by atoms with Crippen LogP contribution in [0.3, 0.4) is 0 Å². The summed E-state index contributed by atoms with van der Waals surface area (Å²) in [4.78, 5) is 12.8. The van der Waals surface area contributed by atoms with Crippen molar-refractivity contribution in [1.82, 2.24) is 15.0 Å². The first-order valence-corrected chi connectivity index (χ1v) is 5.65. The highest BCUT2D eigenvalue weighted by Crippen LogP contribution is 2.39. The van der Waals surface area contributed by atoms with Crippen molar-refractivity contribution in [1.29, 1.82) is 0 Å². The maximum Gasteiger partial charge on any atom is 0.133 e. The van der Waals surface area contributed by atoms with E-state index < -0.39 is 0 Å². The van der Waals surface area contributed by atoms with Gasteiger partial charge in [-0.15, -0.1) is 0 Å². The molecule has 0 bridgehead atoms. The molecular weight excluding hydrogens is 222 g/mol. The van der Waals surface area contributed by atoms with Gasteiger partial charge in [-0.1, -0.05) is 11.6 Å². The fraction of sp³-hybridized carbons (Fsp3) is 0.250. The number of pyridine rings is 1. The summed E-state index contributed by atoms with van der Waals surface area (Å²) in [7, 11) is 0. The average molecular weight is 232 g/mol. The van der Waals surface area contributed by atoms with E-state index in [2.05, 4.69) is 15.0 Å². The highest BCUT2D eigenvalue weighted by atomic mass is 35.5. The molecule has 16 heavy (non-hydrogen) atoms. The highest BCUT2D eigenvalue weighted by Gasteiger charge is 2.27. The first-order chi connectivity index (χ1) is 7.83. The van der Waals surface area contributed by atoms with E-state index in [-0.39, 0.29) is 0 Å². The van der Waals surface area contributed by atoms with Gasteiger partial charge in [0.05, 0.1) is 5.69 Å². The molecular formula is C12H10ClN3. The lowest BCUT2D eigenvalue weighted by Gasteiger charge is -2.03. The van der Waals surface area contributed by atoms with Crippen molar-refractivity contribution in [2.75, 3.05) is 0 Å². The van der Waals surface area contributed by atoms with Gasteiger partial charge in [-0.3, -0.25) is 4.98 Å². The Balaban J connectivity index is 2.06. The summed E-state index contributed by atoms with van der Waals surface area (Å²) in [5.74, 6) is 1.39. The molecule has 0 amide bonds. The molecule has 4 heteroatoms. The number of hydrogen-bond donors (Lipinski definition) is 0. The van der Waals surface area contributed by atoms with Gasteiger partial charge in [-0.2, -0.15) is 0 Å². The number of halogens is 1. The minimum Gasteiger partial charge on any atom is -0.265 e. The number of rotatable bonds is 2. The van der Waals surface area contributed by atoms with E-state index in [4.69, 9.17) is 11.6 Å². The molecule has 1 aliphatic rings. The van der Waals surface area contributed by atoms with Gasteiger partial charge in [-0.25, -0.2) is 9.97 Å². The van der Waals surface area contributed by atoms with Crippen molar-refractivity contribution < 1.29 is 0 Å². The molecule has 2 aromatic rings. The van der Waals surface area contributed by atoms with Gasteiger partial charge in [0, 0.05) is 29.9 Å². The van der Waals surface area contributed by atoms with Crippen molar-refractivity contribution in [2.24, 2.45) is 0 Å². The van der Waals surface area contributed by atoms with Gasteiger partial charge in [0.2, 0.25) is 0 Å².